The fourth-order valence-corrected chi connectivity index (χ4v) is 2.53. The molecule has 2 aliphatic heterocycles. The summed E-state index contributed by atoms with van der Waals surface area (Å²) in [5.41, 5.74) is 0.712. The molecular formula is C11H22N2. The molecule has 76 valence electrons. The Hall–Kier alpha value is -0.0800. The SMILES string of the molecule is CCC(C)N1CCC2(CC1)CNC2. The van der Waals surface area contributed by atoms with Crippen molar-refractivity contribution in [3.63, 3.8) is 0 Å². The van der Waals surface area contributed by atoms with Crippen LogP contribution in [0.5, 0.6) is 0 Å². The van der Waals surface area contributed by atoms with E-state index in [9.17, 15) is 0 Å². The molecule has 2 saturated heterocycles. The number of nitrogens with one attached hydrogen (secondary N) is 1. The number of hydrogen-bond donors (Lipinski definition) is 1. The predicted molar refractivity (Wildman–Crippen MR) is 55.9 cm³/mol. The number of hydrogen-bond acceptors (Lipinski definition) is 2. The van der Waals surface area contributed by atoms with Gasteiger partial charge in [0.2, 0.25) is 0 Å². The van der Waals surface area contributed by atoms with Crippen LogP contribution in [0.25, 0.3) is 0 Å². The summed E-state index contributed by atoms with van der Waals surface area (Å²) < 4.78 is 0. The maximum atomic E-state index is 3.41. The molecule has 0 bridgehead atoms. The lowest BCUT2D eigenvalue weighted by Gasteiger charge is -2.49. The molecule has 13 heavy (non-hydrogen) atoms. The van der Waals surface area contributed by atoms with Crippen molar-refractivity contribution in [2.75, 3.05) is 26.2 Å². The molecule has 0 aromatic rings. The van der Waals surface area contributed by atoms with Crippen LogP contribution in [-0.2, 0) is 0 Å². The summed E-state index contributed by atoms with van der Waals surface area (Å²) in [6, 6.07) is 0.797. The Morgan fingerprint density at radius 1 is 1.31 bits per heavy atom. The van der Waals surface area contributed by atoms with Gasteiger partial charge in [0.15, 0.2) is 0 Å². The zero-order valence-corrected chi connectivity index (χ0v) is 8.97. The topological polar surface area (TPSA) is 15.3 Å². The molecule has 0 radical (unpaired) electrons. The zero-order valence-electron chi connectivity index (χ0n) is 8.97. The molecule has 1 atom stereocenters. The van der Waals surface area contributed by atoms with Crippen LogP contribution in [0.15, 0.2) is 0 Å². The second kappa shape index (κ2) is 3.58. The van der Waals surface area contributed by atoms with E-state index in [0.717, 1.165) is 6.04 Å². The minimum Gasteiger partial charge on any atom is -0.316 e. The van der Waals surface area contributed by atoms with Crippen molar-refractivity contribution in [1.82, 2.24) is 10.2 Å². The minimum absolute atomic E-state index is 0.712. The summed E-state index contributed by atoms with van der Waals surface area (Å²) in [7, 11) is 0. The lowest BCUT2D eigenvalue weighted by molar-refractivity contribution is 0.0376. The molecular weight excluding hydrogens is 160 g/mol. The third-order valence-electron chi connectivity index (χ3n) is 4.07. The van der Waals surface area contributed by atoms with Crippen LogP contribution in [-0.4, -0.2) is 37.1 Å². The molecule has 2 aliphatic rings. The van der Waals surface area contributed by atoms with Gasteiger partial charge < -0.3 is 10.2 Å². The van der Waals surface area contributed by atoms with Gasteiger partial charge in [0.25, 0.3) is 0 Å². The quantitative estimate of drug-likeness (QED) is 0.695. The van der Waals surface area contributed by atoms with Gasteiger partial charge in [-0.3, -0.25) is 0 Å². The molecule has 0 aliphatic carbocycles. The maximum Gasteiger partial charge on any atom is 0.00643 e. The highest BCUT2D eigenvalue weighted by Crippen LogP contribution is 2.35. The van der Waals surface area contributed by atoms with Crippen LogP contribution in [0.2, 0.25) is 0 Å². The molecule has 2 heteroatoms. The monoisotopic (exact) mass is 182 g/mol. The summed E-state index contributed by atoms with van der Waals surface area (Å²) in [5.74, 6) is 0. The van der Waals surface area contributed by atoms with Crippen LogP contribution in [0, 0.1) is 5.41 Å². The fourth-order valence-electron chi connectivity index (χ4n) is 2.53. The Morgan fingerprint density at radius 2 is 1.92 bits per heavy atom. The van der Waals surface area contributed by atoms with E-state index < -0.39 is 0 Å². The first kappa shape index (κ1) is 9.47. The summed E-state index contributed by atoms with van der Waals surface area (Å²) in [4.78, 5) is 2.66. The molecule has 0 aromatic heterocycles. The molecule has 1 N–H and O–H groups in total. The van der Waals surface area contributed by atoms with Crippen LogP contribution in [0.4, 0.5) is 0 Å². The highest BCUT2D eigenvalue weighted by atomic mass is 15.2. The van der Waals surface area contributed by atoms with E-state index >= 15 is 0 Å². The highest BCUT2D eigenvalue weighted by molar-refractivity contribution is 4.96. The van der Waals surface area contributed by atoms with Crippen molar-refractivity contribution >= 4 is 0 Å². The lowest BCUT2D eigenvalue weighted by Crippen LogP contribution is -2.59. The second-order valence-electron chi connectivity index (χ2n) is 4.90. The largest absolute Gasteiger partial charge is 0.316 e. The van der Waals surface area contributed by atoms with Crippen molar-refractivity contribution in [3.05, 3.63) is 0 Å². The minimum atomic E-state index is 0.712. The number of nitrogens with zero attached hydrogens (tertiary/aromatic N) is 1. The van der Waals surface area contributed by atoms with Gasteiger partial charge in [0.1, 0.15) is 0 Å². The predicted octanol–water partition coefficient (Wildman–Crippen LogP) is 1.47. The Bertz CT molecular complexity index is 165. The Kier molecular flexibility index (Phi) is 2.61. The molecule has 0 saturated carbocycles. The van der Waals surface area contributed by atoms with Gasteiger partial charge in [-0.15, -0.1) is 0 Å². The summed E-state index contributed by atoms with van der Waals surface area (Å²) in [6.07, 6.45) is 4.14. The van der Waals surface area contributed by atoms with E-state index in [4.69, 9.17) is 0 Å². The van der Waals surface area contributed by atoms with Gasteiger partial charge in [-0.05, 0) is 44.7 Å². The average molecular weight is 182 g/mol. The summed E-state index contributed by atoms with van der Waals surface area (Å²) in [5, 5.41) is 3.41. The van der Waals surface area contributed by atoms with Crippen molar-refractivity contribution in [3.8, 4) is 0 Å². The van der Waals surface area contributed by atoms with Gasteiger partial charge in [-0.2, -0.15) is 0 Å². The first-order chi connectivity index (χ1) is 6.26. The van der Waals surface area contributed by atoms with Crippen molar-refractivity contribution in [2.24, 2.45) is 5.41 Å². The van der Waals surface area contributed by atoms with E-state index in [-0.39, 0.29) is 0 Å². The zero-order chi connectivity index (χ0) is 9.31. The first-order valence-corrected chi connectivity index (χ1v) is 5.70. The maximum absolute atomic E-state index is 3.41. The number of likely N-dealkylation sites (tertiary alicyclic amines) is 1. The number of rotatable bonds is 2. The Labute approximate surface area is 81.7 Å². The molecule has 2 heterocycles. The molecule has 0 aromatic carbocycles. The molecule has 2 rings (SSSR count). The summed E-state index contributed by atoms with van der Waals surface area (Å²) >= 11 is 0. The first-order valence-electron chi connectivity index (χ1n) is 5.70. The van der Waals surface area contributed by atoms with E-state index in [1.807, 2.05) is 0 Å². The average Bonchev–Trinajstić information content (AvgIpc) is 2.14. The smallest absolute Gasteiger partial charge is 0.00643 e. The molecule has 2 fully saturated rings. The van der Waals surface area contributed by atoms with E-state index in [2.05, 4.69) is 24.1 Å². The lowest BCUT2D eigenvalue weighted by atomic mass is 9.73. The van der Waals surface area contributed by atoms with Crippen molar-refractivity contribution < 1.29 is 0 Å². The van der Waals surface area contributed by atoms with Gasteiger partial charge in [-0.25, -0.2) is 0 Å². The highest BCUT2D eigenvalue weighted by Gasteiger charge is 2.39. The Morgan fingerprint density at radius 3 is 2.31 bits per heavy atom. The normalized spacial score (nSPS) is 30.0. The van der Waals surface area contributed by atoms with E-state index in [1.165, 1.54) is 45.4 Å². The molecule has 0 amide bonds. The van der Waals surface area contributed by atoms with Crippen LogP contribution < -0.4 is 5.32 Å². The van der Waals surface area contributed by atoms with Crippen molar-refractivity contribution in [2.45, 2.75) is 39.2 Å². The Balaban J connectivity index is 1.82. The van der Waals surface area contributed by atoms with Crippen LogP contribution >= 0.6 is 0 Å². The van der Waals surface area contributed by atoms with Gasteiger partial charge in [0.05, 0.1) is 0 Å². The third kappa shape index (κ3) is 1.75. The van der Waals surface area contributed by atoms with E-state index in [0.29, 0.717) is 5.41 Å². The van der Waals surface area contributed by atoms with Gasteiger partial charge in [-0.1, -0.05) is 6.92 Å². The molecule has 2 nitrogen and oxygen atoms in total. The number of piperidine rings is 1. The fraction of sp³-hybridized carbons (Fsp3) is 1.00. The van der Waals surface area contributed by atoms with E-state index in [1.54, 1.807) is 0 Å². The third-order valence-corrected chi connectivity index (χ3v) is 4.07. The molecule has 1 unspecified atom stereocenters. The summed E-state index contributed by atoms with van der Waals surface area (Å²) in [6.45, 7) is 9.87. The second-order valence-corrected chi connectivity index (χ2v) is 4.90. The molecule has 1 spiro atoms. The van der Waals surface area contributed by atoms with Gasteiger partial charge in [0, 0.05) is 19.1 Å². The van der Waals surface area contributed by atoms with Crippen molar-refractivity contribution in [1.29, 1.82) is 0 Å². The van der Waals surface area contributed by atoms with Crippen LogP contribution in [0.1, 0.15) is 33.1 Å². The standard InChI is InChI=1S/C11H22N2/c1-3-10(2)13-6-4-11(5-7-13)8-12-9-11/h10,12H,3-9H2,1-2H3. The van der Waals surface area contributed by atoms with Crippen LogP contribution in [0.3, 0.4) is 0 Å². The van der Waals surface area contributed by atoms with Gasteiger partial charge >= 0.3 is 0 Å².